The number of nitrogens with one attached hydrogen (secondary N) is 1. The maximum absolute atomic E-state index is 13.4. The largest absolute Gasteiger partial charge is 0.493 e. The van der Waals surface area contributed by atoms with E-state index in [0.717, 1.165) is 35.0 Å². The second-order valence-electron chi connectivity index (χ2n) is 7.64. The first-order chi connectivity index (χ1) is 14.0. The summed E-state index contributed by atoms with van der Waals surface area (Å²) in [6.45, 7) is 4.58. The fourth-order valence-corrected chi connectivity index (χ4v) is 5.24. The average Bonchev–Trinajstić information content (AvgIpc) is 3.10. The van der Waals surface area contributed by atoms with Crippen LogP contribution < -0.4 is 20.3 Å². The molecule has 1 aromatic carbocycles. The topological polar surface area (TPSA) is 65.4 Å². The van der Waals surface area contributed by atoms with Crippen LogP contribution in [0.1, 0.15) is 48.7 Å². The Morgan fingerprint density at radius 3 is 2.66 bits per heavy atom. The Hall–Kier alpha value is -2.54. The third-order valence-electron chi connectivity index (χ3n) is 5.44. The van der Waals surface area contributed by atoms with Crippen molar-refractivity contribution in [2.45, 2.75) is 52.1 Å². The van der Waals surface area contributed by atoms with Gasteiger partial charge in [-0.05, 0) is 62.8 Å². The van der Waals surface area contributed by atoms with Crippen LogP contribution in [0, 0.1) is 0 Å². The minimum atomic E-state index is 0.0199. The van der Waals surface area contributed by atoms with Gasteiger partial charge in [-0.25, -0.2) is 4.98 Å². The molecule has 0 fully saturated rings. The van der Waals surface area contributed by atoms with Gasteiger partial charge < -0.3 is 14.8 Å². The Morgan fingerprint density at radius 2 is 1.93 bits per heavy atom. The molecule has 0 spiro atoms. The van der Waals surface area contributed by atoms with Crippen molar-refractivity contribution < 1.29 is 9.47 Å². The zero-order chi connectivity index (χ0) is 20.5. The molecule has 29 heavy (non-hydrogen) atoms. The quantitative estimate of drug-likeness (QED) is 0.642. The second-order valence-corrected chi connectivity index (χ2v) is 8.72. The van der Waals surface area contributed by atoms with Gasteiger partial charge in [0.1, 0.15) is 4.83 Å². The van der Waals surface area contributed by atoms with Gasteiger partial charge in [0.15, 0.2) is 11.5 Å². The van der Waals surface area contributed by atoms with Crippen molar-refractivity contribution in [2.75, 3.05) is 19.5 Å². The van der Waals surface area contributed by atoms with E-state index in [2.05, 4.69) is 5.32 Å². The molecule has 0 unspecified atom stereocenters. The number of hydrogen-bond acceptors (Lipinski definition) is 6. The normalized spacial score (nSPS) is 13.6. The molecule has 2 aromatic heterocycles. The van der Waals surface area contributed by atoms with Crippen LogP contribution in [0.2, 0.25) is 0 Å². The molecule has 1 aliphatic rings. The van der Waals surface area contributed by atoms with Crippen LogP contribution >= 0.6 is 11.3 Å². The van der Waals surface area contributed by atoms with Gasteiger partial charge in [-0.15, -0.1) is 11.3 Å². The lowest BCUT2D eigenvalue weighted by Gasteiger charge is -2.18. The van der Waals surface area contributed by atoms with Gasteiger partial charge in [-0.2, -0.15) is 0 Å². The Morgan fingerprint density at radius 1 is 1.17 bits per heavy atom. The molecule has 6 nitrogen and oxygen atoms in total. The summed E-state index contributed by atoms with van der Waals surface area (Å²) >= 11 is 1.68. The predicted molar refractivity (Wildman–Crippen MR) is 118 cm³/mol. The fraction of sp³-hybridized carbons (Fsp3) is 0.455. The first kappa shape index (κ1) is 19.8. The van der Waals surface area contributed by atoms with E-state index in [0.29, 0.717) is 24.0 Å². The van der Waals surface area contributed by atoms with Crippen LogP contribution in [0.3, 0.4) is 0 Å². The predicted octanol–water partition coefficient (Wildman–Crippen LogP) is 4.55. The Bertz CT molecular complexity index is 1100. The van der Waals surface area contributed by atoms with Gasteiger partial charge in [-0.1, -0.05) is 6.07 Å². The summed E-state index contributed by atoms with van der Waals surface area (Å²) in [7, 11) is 3.25. The zero-order valence-electron chi connectivity index (χ0n) is 17.4. The van der Waals surface area contributed by atoms with Crippen molar-refractivity contribution in [3.05, 3.63) is 44.6 Å². The molecule has 1 aliphatic carbocycles. The molecule has 0 saturated heterocycles. The summed E-state index contributed by atoms with van der Waals surface area (Å²) in [6.07, 6.45) is 4.40. The third-order valence-corrected chi connectivity index (χ3v) is 6.62. The maximum atomic E-state index is 13.4. The summed E-state index contributed by atoms with van der Waals surface area (Å²) in [4.78, 5) is 20.4. The smallest absolute Gasteiger partial charge is 0.264 e. The Balaban J connectivity index is 1.72. The number of fused-ring (bicyclic) bond motifs is 3. The Labute approximate surface area is 174 Å². The van der Waals surface area contributed by atoms with E-state index >= 15 is 0 Å². The molecule has 0 radical (unpaired) electrons. The maximum Gasteiger partial charge on any atom is 0.264 e. The lowest BCUT2D eigenvalue weighted by atomic mass is 9.97. The van der Waals surface area contributed by atoms with E-state index in [1.165, 1.54) is 16.9 Å². The highest BCUT2D eigenvalue weighted by Gasteiger charge is 2.23. The number of nitrogens with zero attached hydrogens (tertiary/aromatic N) is 2. The van der Waals surface area contributed by atoms with E-state index < -0.39 is 0 Å². The summed E-state index contributed by atoms with van der Waals surface area (Å²) in [6, 6.07) is 5.82. The van der Waals surface area contributed by atoms with Crippen LogP contribution in [0.25, 0.3) is 10.2 Å². The second kappa shape index (κ2) is 8.06. The van der Waals surface area contributed by atoms with Crippen LogP contribution in [-0.4, -0.2) is 23.8 Å². The van der Waals surface area contributed by atoms with Gasteiger partial charge in [0.05, 0.1) is 19.6 Å². The fourth-order valence-electron chi connectivity index (χ4n) is 3.99. The number of aromatic nitrogens is 2. The van der Waals surface area contributed by atoms with Crippen molar-refractivity contribution >= 4 is 27.5 Å². The third kappa shape index (κ3) is 3.59. The molecular formula is C22H27N3O3S. The molecule has 7 heteroatoms. The van der Waals surface area contributed by atoms with Gasteiger partial charge in [0.25, 0.3) is 5.56 Å². The minimum Gasteiger partial charge on any atom is -0.493 e. The van der Waals surface area contributed by atoms with E-state index in [1.54, 1.807) is 30.1 Å². The first-order valence-corrected chi connectivity index (χ1v) is 10.9. The van der Waals surface area contributed by atoms with Crippen LogP contribution in [-0.2, 0) is 19.4 Å². The van der Waals surface area contributed by atoms with Crippen LogP contribution in [0.4, 0.5) is 5.95 Å². The number of methoxy groups -OCH3 is 2. The summed E-state index contributed by atoms with van der Waals surface area (Å²) < 4.78 is 12.5. The highest BCUT2D eigenvalue weighted by atomic mass is 32.1. The lowest BCUT2D eigenvalue weighted by Crippen LogP contribution is -2.27. The first-order valence-electron chi connectivity index (χ1n) is 10.0. The van der Waals surface area contributed by atoms with E-state index in [1.807, 2.05) is 32.0 Å². The summed E-state index contributed by atoms with van der Waals surface area (Å²) in [5.74, 6) is 1.99. The van der Waals surface area contributed by atoms with Gasteiger partial charge in [-0.3, -0.25) is 9.36 Å². The summed E-state index contributed by atoms with van der Waals surface area (Å²) in [5, 5.41) is 4.20. The zero-order valence-corrected chi connectivity index (χ0v) is 18.2. The molecule has 0 atom stereocenters. The number of ether oxygens (including phenoxy) is 2. The van der Waals surface area contributed by atoms with Crippen molar-refractivity contribution in [1.82, 2.24) is 9.55 Å². The number of aryl methyl sites for hydroxylation is 2. The highest BCUT2D eigenvalue weighted by Crippen LogP contribution is 2.35. The Kier molecular flexibility index (Phi) is 5.50. The van der Waals surface area contributed by atoms with Crippen LogP contribution in [0.15, 0.2) is 23.0 Å². The molecule has 3 aromatic rings. The highest BCUT2D eigenvalue weighted by molar-refractivity contribution is 7.18. The molecule has 1 N–H and O–H groups in total. The number of benzene rings is 1. The SMILES string of the molecule is COc1ccc(CNc2nc3sc4c(c3c(=O)n2C(C)C)CCCC4)cc1OC. The standard InChI is InChI=1S/C22H27N3O3S/c1-13(2)25-21(26)19-15-7-5-6-8-18(15)29-20(19)24-22(25)23-12-14-9-10-16(27-3)17(11-14)28-4/h9-11,13H,5-8,12H2,1-4H3,(H,23,24). The van der Waals surface area contributed by atoms with Gasteiger partial charge in [0, 0.05) is 17.5 Å². The molecule has 2 heterocycles. The van der Waals surface area contributed by atoms with Crippen molar-refractivity contribution in [1.29, 1.82) is 0 Å². The van der Waals surface area contributed by atoms with E-state index in [-0.39, 0.29) is 11.6 Å². The summed E-state index contributed by atoms with van der Waals surface area (Å²) in [5.41, 5.74) is 2.33. The average molecular weight is 414 g/mol. The van der Waals surface area contributed by atoms with Crippen molar-refractivity contribution in [2.24, 2.45) is 0 Å². The molecule has 0 saturated carbocycles. The molecule has 4 rings (SSSR count). The number of thiophene rings is 1. The van der Waals surface area contributed by atoms with Crippen LogP contribution in [0.5, 0.6) is 11.5 Å². The molecule has 0 amide bonds. The molecule has 0 bridgehead atoms. The molecule has 154 valence electrons. The van der Waals surface area contributed by atoms with Gasteiger partial charge >= 0.3 is 0 Å². The number of rotatable bonds is 6. The van der Waals surface area contributed by atoms with E-state index in [4.69, 9.17) is 14.5 Å². The van der Waals surface area contributed by atoms with E-state index in [9.17, 15) is 4.79 Å². The lowest BCUT2D eigenvalue weighted by molar-refractivity contribution is 0.354. The van der Waals surface area contributed by atoms with Gasteiger partial charge in [0.2, 0.25) is 5.95 Å². The molecular weight excluding hydrogens is 386 g/mol. The molecule has 0 aliphatic heterocycles. The van der Waals surface area contributed by atoms with Crippen molar-refractivity contribution in [3.63, 3.8) is 0 Å². The number of hydrogen-bond donors (Lipinski definition) is 1. The number of anilines is 1. The monoisotopic (exact) mass is 413 g/mol. The van der Waals surface area contributed by atoms with Crippen molar-refractivity contribution in [3.8, 4) is 11.5 Å². The minimum absolute atomic E-state index is 0.0199.